The van der Waals surface area contributed by atoms with Gasteiger partial charge >= 0.3 is 0 Å². The molecule has 104 valence electrons. The first-order valence-electron chi connectivity index (χ1n) is 6.67. The van der Waals surface area contributed by atoms with Crippen LogP contribution >= 0.6 is 11.3 Å². The molecular weight excluding hydrogens is 274 g/mol. The molecule has 6 heteroatoms. The van der Waals surface area contributed by atoms with Crippen molar-refractivity contribution < 1.29 is 4.79 Å². The highest BCUT2D eigenvalue weighted by Gasteiger charge is 2.16. The van der Waals surface area contributed by atoms with Gasteiger partial charge < -0.3 is 10.3 Å². The van der Waals surface area contributed by atoms with E-state index in [0.29, 0.717) is 12.2 Å². The topological polar surface area (TPSA) is 74.8 Å². The van der Waals surface area contributed by atoms with Crippen LogP contribution in [0.3, 0.4) is 0 Å². The van der Waals surface area contributed by atoms with Gasteiger partial charge in [0.1, 0.15) is 5.69 Å². The van der Waals surface area contributed by atoms with Crippen LogP contribution in [0.1, 0.15) is 32.5 Å². The number of H-pyrrole nitrogens is 1. The van der Waals surface area contributed by atoms with Crippen LogP contribution in [0.15, 0.2) is 23.0 Å². The summed E-state index contributed by atoms with van der Waals surface area (Å²) in [6.07, 6.45) is 4.18. The Hall–Kier alpha value is -1.95. The molecule has 2 N–H and O–H groups in total. The SMILES string of the molecule is O=C(NCCc1nc2c(s1)CCC2)c1cccc(=O)[nH]1. The van der Waals surface area contributed by atoms with Gasteiger partial charge in [0, 0.05) is 23.9 Å². The Morgan fingerprint density at radius 1 is 1.40 bits per heavy atom. The molecule has 0 aromatic carbocycles. The van der Waals surface area contributed by atoms with Gasteiger partial charge in [0.15, 0.2) is 0 Å². The zero-order chi connectivity index (χ0) is 13.9. The number of hydrogen-bond donors (Lipinski definition) is 2. The molecule has 5 nitrogen and oxygen atoms in total. The van der Waals surface area contributed by atoms with E-state index in [4.69, 9.17) is 0 Å². The van der Waals surface area contributed by atoms with Crippen molar-refractivity contribution in [2.45, 2.75) is 25.7 Å². The molecule has 1 aliphatic carbocycles. The molecule has 2 aromatic heterocycles. The first-order chi connectivity index (χ1) is 9.72. The molecule has 0 aliphatic heterocycles. The van der Waals surface area contributed by atoms with Crippen molar-refractivity contribution in [2.24, 2.45) is 0 Å². The number of pyridine rings is 1. The number of nitrogens with zero attached hydrogens (tertiary/aromatic N) is 1. The van der Waals surface area contributed by atoms with Crippen LogP contribution in [-0.2, 0) is 19.3 Å². The van der Waals surface area contributed by atoms with Crippen molar-refractivity contribution in [1.82, 2.24) is 15.3 Å². The molecule has 0 radical (unpaired) electrons. The molecule has 0 saturated carbocycles. The monoisotopic (exact) mass is 289 g/mol. The predicted octanol–water partition coefficient (Wildman–Crippen LogP) is 1.29. The van der Waals surface area contributed by atoms with Gasteiger partial charge in [-0.3, -0.25) is 9.59 Å². The highest BCUT2D eigenvalue weighted by Crippen LogP contribution is 2.27. The third-order valence-electron chi connectivity index (χ3n) is 3.28. The van der Waals surface area contributed by atoms with Crippen molar-refractivity contribution in [3.63, 3.8) is 0 Å². The normalized spacial score (nSPS) is 13.2. The second-order valence-electron chi connectivity index (χ2n) is 4.77. The highest BCUT2D eigenvalue weighted by atomic mass is 32.1. The molecule has 0 unspecified atom stereocenters. The Balaban J connectivity index is 1.54. The molecule has 3 rings (SSSR count). The van der Waals surface area contributed by atoms with Crippen molar-refractivity contribution in [1.29, 1.82) is 0 Å². The quantitative estimate of drug-likeness (QED) is 0.890. The second-order valence-corrected chi connectivity index (χ2v) is 5.93. The lowest BCUT2D eigenvalue weighted by Crippen LogP contribution is -2.28. The second kappa shape index (κ2) is 5.58. The number of hydrogen-bond acceptors (Lipinski definition) is 4. The molecule has 0 atom stereocenters. The highest BCUT2D eigenvalue weighted by molar-refractivity contribution is 7.11. The minimum Gasteiger partial charge on any atom is -0.350 e. The molecule has 20 heavy (non-hydrogen) atoms. The van der Waals surface area contributed by atoms with Crippen molar-refractivity contribution in [3.8, 4) is 0 Å². The molecule has 0 bridgehead atoms. The Kier molecular flexibility index (Phi) is 3.64. The third kappa shape index (κ3) is 2.80. The van der Waals surface area contributed by atoms with E-state index in [1.807, 2.05) is 0 Å². The lowest BCUT2D eigenvalue weighted by molar-refractivity contribution is 0.0949. The molecule has 0 spiro atoms. The molecule has 0 saturated heterocycles. The Morgan fingerprint density at radius 3 is 3.10 bits per heavy atom. The number of amides is 1. The average Bonchev–Trinajstić information content (AvgIpc) is 2.99. The summed E-state index contributed by atoms with van der Waals surface area (Å²) < 4.78 is 0. The van der Waals surface area contributed by atoms with E-state index in [9.17, 15) is 9.59 Å². The van der Waals surface area contributed by atoms with E-state index in [1.54, 1.807) is 23.5 Å². The van der Waals surface area contributed by atoms with Crippen LogP contribution in [0.5, 0.6) is 0 Å². The summed E-state index contributed by atoms with van der Waals surface area (Å²) >= 11 is 1.75. The van der Waals surface area contributed by atoms with Gasteiger partial charge in [-0.05, 0) is 25.3 Å². The maximum atomic E-state index is 11.8. The number of aryl methyl sites for hydroxylation is 2. The zero-order valence-electron chi connectivity index (χ0n) is 10.9. The molecule has 2 aromatic rings. The summed E-state index contributed by atoms with van der Waals surface area (Å²) in [4.78, 5) is 31.4. The van der Waals surface area contributed by atoms with E-state index >= 15 is 0 Å². The van der Waals surface area contributed by atoms with Gasteiger partial charge in [-0.2, -0.15) is 0 Å². The van der Waals surface area contributed by atoms with E-state index in [2.05, 4.69) is 15.3 Å². The van der Waals surface area contributed by atoms with Crippen LogP contribution in [0.25, 0.3) is 0 Å². The van der Waals surface area contributed by atoms with Gasteiger partial charge in [0.2, 0.25) is 5.56 Å². The van der Waals surface area contributed by atoms with Crippen LogP contribution in [-0.4, -0.2) is 22.4 Å². The van der Waals surface area contributed by atoms with Crippen LogP contribution in [0, 0.1) is 0 Å². The summed E-state index contributed by atoms with van der Waals surface area (Å²) in [6, 6.07) is 4.54. The fraction of sp³-hybridized carbons (Fsp3) is 0.357. The number of aromatic amines is 1. The third-order valence-corrected chi connectivity index (χ3v) is 4.49. The molecule has 1 aliphatic rings. The number of rotatable bonds is 4. The van der Waals surface area contributed by atoms with E-state index < -0.39 is 0 Å². The van der Waals surface area contributed by atoms with Gasteiger partial charge in [0.05, 0.1) is 10.7 Å². The summed E-state index contributed by atoms with van der Waals surface area (Å²) in [5.41, 5.74) is 1.26. The van der Waals surface area contributed by atoms with Gasteiger partial charge in [-0.15, -0.1) is 11.3 Å². The lowest BCUT2D eigenvalue weighted by Gasteiger charge is -2.03. The number of carbonyl (C=O) groups excluding carboxylic acids is 1. The Morgan fingerprint density at radius 2 is 2.30 bits per heavy atom. The summed E-state index contributed by atoms with van der Waals surface area (Å²) in [7, 11) is 0. The van der Waals surface area contributed by atoms with E-state index in [0.717, 1.165) is 24.3 Å². The number of aromatic nitrogens is 2. The van der Waals surface area contributed by atoms with Gasteiger partial charge in [-0.25, -0.2) is 4.98 Å². The van der Waals surface area contributed by atoms with Crippen LogP contribution in [0.4, 0.5) is 0 Å². The predicted molar refractivity (Wildman–Crippen MR) is 77.2 cm³/mol. The first kappa shape index (κ1) is 13.1. The summed E-state index contributed by atoms with van der Waals surface area (Å²) in [6.45, 7) is 0.530. The average molecular weight is 289 g/mol. The van der Waals surface area contributed by atoms with Crippen molar-refractivity contribution >= 4 is 17.2 Å². The van der Waals surface area contributed by atoms with E-state index in [-0.39, 0.29) is 11.5 Å². The minimum absolute atomic E-state index is 0.258. The van der Waals surface area contributed by atoms with Crippen LogP contribution < -0.4 is 10.9 Å². The summed E-state index contributed by atoms with van der Waals surface area (Å²) in [5, 5.41) is 3.88. The standard InChI is InChI=1S/C14H15N3O2S/c18-12-6-2-4-10(16-12)14(19)15-8-7-13-17-9-3-1-5-11(9)20-13/h2,4,6H,1,3,5,7-8H2,(H,15,19)(H,16,18). The van der Waals surface area contributed by atoms with Gasteiger partial charge in [0.25, 0.3) is 5.91 Å². The smallest absolute Gasteiger partial charge is 0.267 e. The summed E-state index contributed by atoms with van der Waals surface area (Å²) in [5.74, 6) is -0.258. The number of carbonyl (C=O) groups is 1. The minimum atomic E-state index is -0.269. The molecule has 0 fully saturated rings. The van der Waals surface area contributed by atoms with Crippen LogP contribution in [0.2, 0.25) is 0 Å². The maximum absolute atomic E-state index is 11.8. The zero-order valence-corrected chi connectivity index (χ0v) is 11.8. The molecular formula is C14H15N3O2S. The van der Waals surface area contributed by atoms with E-state index in [1.165, 1.54) is 23.1 Å². The number of nitrogens with one attached hydrogen (secondary N) is 2. The van der Waals surface area contributed by atoms with Crippen molar-refractivity contribution in [2.75, 3.05) is 6.54 Å². The fourth-order valence-electron chi connectivity index (χ4n) is 2.31. The maximum Gasteiger partial charge on any atom is 0.267 e. The Labute approximate surface area is 120 Å². The largest absolute Gasteiger partial charge is 0.350 e. The molecule has 1 amide bonds. The molecule has 2 heterocycles. The lowest BCUT2D eigenvalue weighted by atomic mass is 10.3. The first-order valence-corrected chi connectivity index (χ1v) is 7.49. The Bertz CT molecular complexity index is 668. The fourth-order valence-corrected chi connectivity index (χ4v) is 3.47. The number of thiazole rings is 1. The number of fused-ring (bicyclic) bond motifs is 1. The van der Waals surface area contributed by atoms with Gasteiger partial charge in [-0.1, -0.05) is 6.07 Å². The van der Waals surface area contributed by atoms with Crippen molar-refractivity contribution in [3.05, 3.63) is 49.8 Å².